The Kier molecular flexibility index (Phi) is 6.23. The third-order valence-corrected chi connectivity index (χ3v) is 5.45. The first-order chi connectivity index (χ1) is 14.6. The van der Waals surface area contributed by atoms with Crippen LogP contribution in [0.1, 0.15) is 23.4 Å². The number of benzene rings is 2. The second-order valence-corrected chi connectivity index (χ2v) is 7.77. The fourth-order valence-corrected chi connectivity index (χ4v) is 3.77. The fraction of sp³-hybridized carbons (Fsp3) is 0.333. The van der Waals surface area contributed by atoms with Crippen LogP contribution >= 0.6 is 0 Å². The molecule has 0 radical (unpaired) electrons. The monoisotopic (exact) mass is 407 g/mol. The summed E-state index contributed by atoms with van der Waals surface area (Å²) in [7, 11) is 0. The third-order valence-electron chi connectivity index (χ3n) is 5.45. The number of carbonyl (C=O) groups excluding carboxylic acids is 1. The van der Waals surface area contributed by atoms with Gasteiger partial charge in [-0.2, -0.15) is 0 Å². The Bertz CT molecular complexity index is 992. The van der Waals surface area contributed by atoms with E-state index in [-0.39, 0.29) is 11.7 Å². The molecule has 0 spiro atoms. The summed E-state index contributed by atoms with van der Waals surface area (Å²) in [6.07, 6.45) is 2.46. The van der Waals surface area contributed by atoms with Crippen LogP contribution in [0, 0.1) is 12.7 Å². The molecule has 1 amide bonds. The molecule has 1 saturated heterocycles. The summed E-state index contributed by atoms with van der Waals surface area (Å²) in [6.45, 7) is 6.29. The number of piperazine rings is 1. The van der Waals surface area contributed by atoms with E-state index in [1.807, 2.05) is 4.90 Å². The molecule has 0 saturated carbocycles. The zero-order valence-corrected chi connectivity index (χ0v) is 17.2. The molecule has 1 aliphatic heterocycles. The van der Waals surface area contributed by atoms with Crippen molar-refractivity contribution in [1.82, 2.24) is 14.8 Å². The Hall–Kier alpha value is -2.99. The van der Waals surface area contributed by atoms with Gasteiger partial charge in [-0.15, -0.1) is 0 Å². The second-order valence-electron chi connectivity index (χ2n) is 7.77. The van der Waals surface area contributed by atoms with Gasteiger partial charge in [0.2, 0.25) is 5.91 Å². The second kappa shape index (κ2) is 9.22. The Labute approximate surface area is 176 Å². The largest absolute Gasteiger partial charge is 0.441 e. The first-order valence-electron chi connectivity index (χ1n) is 10.3. The standard InChI is InChI=1S/C24H26FN3O2/c1-18-3-2-4-19(15-18)17-27-11-13-28(14-12-27)24(29)10-9-23-26-16-22(30-23)20-5-7-21(25)8-6-20/h2-8,15-16H,9-14,17H2,1H3. The summed E-state index contributed by atoms with van der Waals surface area (Å²) in [5.74, 6) is 0.956. The van der Waals surface area contributed by atoms with Gasteiger partial charge in [0.25, 0.3) is 0 Å². The average molecular weight is 407 g/mol. The number of amides is 1. The predicted octanol–water partition coefficient (Wildman–Crippen LogP) is 4.07. The average Bonchev–Trinajstić information content (AvgIpc) is 3.22. The number of aryl methyl sites for hydroxylation is 2. The highest BCUT2D eigenvalue weighted by molar-refractivity contribution is 5.76. The predicted molar refractivity (Wildman–Crippen MR) is 113 cm³/mol. The molecule has 3 aromatic rings. The summed E-state index contributed by atoms with van der Waals surface area (Å²) >= 11 is 0. The molecule has 156 valence electrons. The zero-order valence-electron chi connectivity index (χ0n) is 17.2. The molecule has 1 aromatic heterocycles. The van der Waals surface area contributed by atoms with Crippen LogP contribution in [-0.4, -0.2) is 46.9 Å². The molecular formula is C24H26FN3O2. The lowest BCUT2D eigenvalue weighted by Crippen LogP contribution is -2.48. The molecule has 0 bridgehead atoms. The molecule has 5 nitrogen and oxygen atoms in total. The van der Waals surface area contributed by atoms with E-state index in [1.54, 1.807) is 18.3 Å². The lowest BCUT2D eigenvalue weighted by molar-refractivity contribution is -0.133. The van der Waals surface area contributed by atoms with Crippen molar-refractivity contribution in [2.24, 2.45) is 0 Å². The van der Waals surface area contributed by atoms with E-state index in [0.29, 0.717) is 24.5 Å². The summed E-state index contributed by atoms with van der Waals surface area (Å²) < 4.78 is 18.8. The van der Waals surface area contributed by atoms with Crippen molar-refractivity contribution in [3.8, 4) is 11.3 Å². The van der Waals surface area contributed by atoms with Crippen LogP contribution in [0.25, 0.3) is 11.3 Å². The van der Waals surface area contributed by atoms with Crippen LogP contribution in [0.5, 0.6) is 0 Å². The van der Waals surface area contributed by atoms with Crippen LogP contribution in [0.3, 0.4) is 0 Å². The molecule has 0 aliphatic carbocycles. The number of hydrogen-bond acceptors (Lipinski definition) is 4. The summed E-state index contributed by atoms with van der Waals surface area (Å²) in [5, 5.41) is 0. The topological polar surface area (TPSA) is 49.6 Å². The number of aromatic nitrogens is 1. The van der Waals surface area contributed by atoms with Crippen LogP contribution < -0.4 is 0 Å². The van der Waals surface area contributed by atoms with Crippen molar-refractivity contribution in [2.45, 2.75) is 26.3 Å². The Morgan fingerprint density at radius 2 is 1.87 bits per heavy atom. The summed E-state index contributed by atoms with van der Waals surface area (Å²) in [6, 6.07) is 14.7. The minimum atomic E-state index is -0.289. The number of rotatable bonds is 6. The highest BCUT2D eigenvalue weighted by Crippen LogP contribution is 2.21. The van der Waals surface area contributed by atoms with Gasteiger partial charge in [-0.1, -0.05) is 29.8 Å². The molecule has 6 heteroatoms. The highest BCUT2D eigenvalue weighted by Gasteiger charge is 2.21. The van der Waals surface area contributed by atoms with Gasteiger partial charge in [-0.3, -0.25) is 9.69 Å². The van der Waals surface area contributed by atoms with Crippen LogP contribution in [0.2, 0.25) is 0 Å². The molecule has 1 fully saturated rings. The van der Waals surface area contributed by atoms with Gasteiger partial charge in [0.05, 0.1) is 6.20 Å². The Morgan fingerprint density at radius 3 is 2.60 bits per heavy atom. The minimum Gasteiger partial charge on any atom is -0.441 e. The molecule has 0 atom stereocenters. The van der Waals surface area contributed by atoms with Gasteiger partial charge in [0.15, 0.2) is 11.7 Å². The molecular weight excluding hydrogens is 381 g/mol. The first kappa shape index (κ1) is 20.3. The van der Waals surface area contributed by atoms with Crippen molar-refractivity contribution >= 4 is 5.91 Å². The van der Waals surface area contributed by atoms with E-state index in [0.717, 1.165) is 38.3 Å². The molecule has 0 N–H and O–H groups in total. The van der Waals surface area contributed by atoms with Gasteiger partial charge in [0.1, 0.15) is 5.82 Å². The fourth-order valence-electron chi connectivity index (χ4n) is 3.77. The lowest BCUT2D eigenvalue weighted by atomic mass is 10.1. The smallest absolute Gasteiger partial charge is 0.223 e. The number of halogens is 1. The molecule has 4 rings (SSSR count). The van der Waals surface area contributed by atoms with Gasteiger partial charge in [0, 0.05) is 51.1 Å². The number of nitrogens with zero attached hydrogens (tertiary/aromatic N) is 3. The van der Waals surface area contributed by atoms with Gasteiger partial charge in [-0.25, -0.2) is 9.37 Å². The Balaban J connectivity index is 1.24. The lowest BCUT2D eigenvalue weighted by Gasteiger charge is -2.34. The number of hydrogen-bond donors (Lipinski definition) is 0. The number of carbonyl (C=O) groups is 1. The van der Waals surface area contributed by atoms with Crippen molar-refractivity contribution in [3.63, 3.8) is 0 Å². The maximum Gasteiger partial charge on any atom is 0.223 e. The van der Waals surface area contributed by atoms with Gasteiger partial charge in [-0.05, 0) is 36.8 Å². The molecule has 0 unspecified atom stereocenters. The van der Waals surface area contributed by atoms with Crippen molar-refractivity contribution in [1.29, 1.82) is 0 Å². The molecule has 1 aliphatic rings. The minimum absolute atomic E-state index is 0.131. The van der Waals surface area contributed by atoms with E-state index in [1.165, 1.54) is 23.3 Å². The van der Waals surface area contributed by atoms with Gasteiger partial charge >= 0.3 is 0 Å². The van der Waals surface area contributed by atoms with E-state index in [4.69, 9.17) is 4.42 Å². The maximum absolute atomic E-state index is 13.1. The zero-order chi connectivity index (χ0) is 20.9. The first-order valence-corrected chi connectivity index (χ1v) is 10.3. The van der Waals surface area contributed by atoms with E-state index < -0.39 is 0 Å². The molecule has 2 heterocycles. The van der Waals surface area contributed by atoms with E-state index in [9.17, 15) is 9.18 Å². The van der Waals surface area contributed by atoms with Crippen molar-refractivity contribution in [2.75, 3.05) is 26.2 Å². The van der Waals surface area contributed by atoms with Crippen LogP contribution in [0.15, 0.2) is 59.1 Å². The maximum atomic E-state index is 13.1. The third kappa shape index (κ3) is 5.13. The van der Waals surface area contributed by atoms with Gasteiger partial charge < -0.3 is 9.32 Å². The molecule has 2 aromatic carbocycles. The Morgan fingerprint density at radius 1 is 1.10 bits per heavy atom. The number of oxazole rings is 1. The highest BCUT2D eigenvalue weighted by atomic mass is 19.1. The normalized spacial score (nSPS) is 14.8. The summed E-state index contributed by atoms with van der Waals surface area (Å²) in [5.41, 5.74) is 3.36. The SMILES string of the molecule is Cc1cccc(CN2CCN(C(=O)CCc3ncc(-c4ccc(F)cc4)o3)CC2)c1. The van der Waals surface area contributed by atoms with Crippen molar-refractivity contribution in [3.05, 3.63) is 77.6 Å². The van der Waals surface area contributed by atoms with Crippen LogP contribution in [0.4, 0.5) is 4.39 Å². The quantitative estimate of drug-likeness (QED) is 0.618. The molecule has 30 heavy (non-hydrogen) atoms. The summed E-state index contributed by atoms with van der Waals surface area (Å²) in [4.78, 5) is 21.2. The van der Waals surface area contributed by atoms with E-state index in [2.05, 4.69) is 41.1 Å². The van der Waals surface area contributed by atoms with E-state index >= 15 is 0 Å². The van der Waals surface area contributed by atoms with Crippen LogP contribution in [-0.2, 0) is 17.8 Å². The van der Waals surface area contributed by atoms with Crippen molar-refractivity contribution < 1.29 is 13.6 Å².